The Bertz CT molecular complexity index is 995. The standard InChI is InChI=1S/C24H27N3O3/c1-16-5-7-19(8-6-16)14-27-22(29)24(25-23(27)30)9-4-10-26(15-24)21(28)20-12-17(2)11-18(3)13-20/h5-8,11-13H,4,9-10,14-15H2,1-3H3,(H,25,30)/t24-/m0/s1. The third-order valence-corrected chi connectivity index (χ3v) is 5.96. The van der Waals surface area contributed by atoms with Gasteiger partial charge in [0.1, 0.15) is 5.54 Å². The van der Waals surface area contributed by atoms with Crippen molar-refractivity contribution < 1.29 is 14.4 Å². The van der Waals surface area contributed by atoms with Crippen molar-refractivity contribution in [3.63, 3.8) is 0 Å². The molecule has 2 aromatic rings. The summed E-state index contributed by atoms with van der Waals surface area (Å²) in [4.78, 5) is 42.0. The van der Waals surface area contributed by atoms with Crippen LogP contribution in [0, 0.1) is 20.8 Å². The molecule has 1 N–H and O–H groups in total. The van der Waals surface area contributed by atoms with Crippen LogP contribution in [-0.4, -0.2) is 46.3 Å². The molecule has 156 valence electrons. The molecule has 0 aromatic heterocycles. The minimum atomic E-state index is -1.03. The number of aryl methyl sites for hydroxylation is 3. The molecule has 0 unspecified atom stereocenters. The van der Waals surface area contributed by atoms with Crippen LogP contribution in [0.5, 0.6) is 0 Å². The molecule has 0 bridgehead atoms. The Labute approximate surface area is 176 Å². The molecule has 4 rings (SSSR count). The first-order valence-corrected chi connectivity index (χ1v) is 10.3. The molecule has 0 radical (unpaired) electrons. The van der Waals surface area contributed by atoms with Crippen LogP contribution >= 0.6 is 0 Å². The van der Waals surface area contributed by atoms with E-state index >= 15 is 0 Å². The Morgan fingerprint density at radius 2 is 1.67 bits per heavy atom. The number of hydrogen-bond acceptors (Lipinski definition) is 3. The quantitative estimate of drug-likeness (QED) is 0.797. The van der Waals surface area contributed by atoms with Crippen molar-refractivity contribution in [3.05, 3.63) is 70.3 Å². The predicted octanol–water partition coefficient (Wildman–Crippen LogP) is 3.34. The van der Waals surface area contributed by atoms with Crippen LogP contribution < -0.4 is 5.32 Å². The lowest BCUT2D eigenvalue weighted by molar-refractivity contribution is -0.133. The molecule has 2 aromatic carbocycles. The van der Waals surface area contributed by atoms with E-state index in [-0.39, 0.29) is 30.9 Å². The topological polar surface area (TPSA) is 69.7 Å². The number of benzene rings is 2. The van der Waals surface area contributed by atoms with Crippen molar-refractivity contribution >= 4 is 17.8 Å². The van der Waals surface area contributed by atoms with Gasteiger partial charge in [0.2, 0.25) is 0 Å². The summed E-state index contributed by atoms with van der Waals surface area (Å²) >= 11 is 0. The molecule has 2 heterocycles. The van der Waals surface area contributed by atoms with E-state index in [9.17, 15) is 14.4 Å². The number of piperidine rings is 1. The maximum Gasteiger partial charge on any atom is 0.325 e. The Hall–Kier alpha value is -3.15. The summed E-state index contributed by atoms with van der Waals surface area (Å²) in [6.45, 7) is 6.94. The summed E-state index contributed by atoms with van der Waals surface area (Å²) in [6, 6.07) is 13.2. The van der Waals surface area contributed by atoms with Gasteiger partial charge in [0, 0.05) is 12.1 Å². The number of nitrogens with one attached hydrogen (secondary N) is 1. The largest absolute Gasteiger partial charge is 0.336 e. The first-order chi connectivity index (χ1) is 14.3. The Kier molecular flexibility index (Phi) is 5.10. The molecule has 0 saturated carbocycles. The Morgan fingerprint density at radius 1 is 1.00 bits per heavy atom. The number of carbonyl (C=O) groups is 3. The van der Waals surface area contributed by atoms with E-state index in [2.05, 4.69) is 5.32 Å². The van der Waals surface area contributed by atoms with Crippen LogP contribution in [0.4, 0.5) is 4.79 Å². The van der Waals surface area contributed by atoms with E-state index in [1.54, 1.807) is 4.90 Å². The molecule has 30 heavy (non-hydrogen) atoms. The number of imide groups is 1. The molecule has 2 saturated heterocycles. The molecule has 2 fully saturated rings. The minimum absolute atomic E-state index is 0.0973. The van der Waals surface area contributed by atoms with Crippen molar-refractivity contribution in [1.82, 2.24) is 15.1 Å². The van der Waals surface area contributed by atoms with Gasteiger partial charge in [-0.3, -0.25) is 14.5 Å². The number of rotatable bonds is 3. The van der Waals surface area contributed by atoms with Gasteiger partial charge in [-0.25, -0.2) is 4.79 Å². The molecule has 1 spiro atoms. The first kappa shape index (κ1) is 20.1. The third kappa shape index (κ3) is 3.70. The second kappa shape index (κ2) is 7.59. The summed E-state index contributed by atoms with van der Waals surface area (Å²) in [5.41, 5.74) is 3.67. The number of nitrogens with zero attached hydrogens (tertiary/aromatic N) is 2. The monoisotopic (exact) mass is 405 g/mol. The fraction of sp³-hybridized carbons (Fsp3) is 0.375. The van der Waals surface area contributed by atoms with Crippen molar-refractivity contribution in [2.24, 2.45) is 0 Å². The van der Waals surface area contributed by atoms with E-state index in [1.165, 1.54) is 4.90 Å². The van der Waals surface area contributed by atoms with Gasteiger partial charge < -0.3 is 10.2 Å². The third-order valence-electron chi connectivity index (χ3n) is 5.96. The van der Waals surface area contributed by atoms with E-state index in [0.29, 0.717) is 24.9 Å². The van der Waals surface area contributed by atoms with Crippen molar-refractivity contribution in [1.29, 1.82) is 0 Å². The zero-order chi connectivity index (χ0) is 21.5. The van der Waals surface area contributed by atoms with E-state index in [1.807, 2.05) is 63.2 Å². The second-order valence-electron chi connectivity index (χ2n) is 8.60. The lowest BCUT2D eigenvalue weighted by Gasteiger charge is -2.38. The molecule has 0 aliphatic carbocycles. The SMILES string of the molecule is Cc1ccc(CN2C(=O)N[C@]3(CCCN(C(=O)c4cc(C)cc(C)c4)C3)C2=O)cc1. The minimum Gasteiger partial charge on any atom is -0.336 e. The Balaban J connectivity index is 1.54. The molecule has 2 aliphatic heterocycles. The summed E-state index contributed by atoms with van der Waals surface area (Å²) < 4.78 is 0. The van der Waals surface area contributed by atoms with Crippen molar-refractivity contribution in [2.45, 2.75) is 45.7 Å². The van der Waals surface area contributed by atoms with E-state index < -0.39 is 5.54 Å². The van der Waals surface area contributed by atoms with Crippen LogP contribution in [0.15, 0.2) is 42.5 Å². The zero-order valence-electron chi connectivity index (χ0n) is 17.7. The average molecular weight is 405 g/mol. The zero-order valence-corrected chi connectivity index (χ0v) is 17.7. The van der Waals surface area contributed by atoms with Crippen LogP contribution in [0.25, 0.3) is 0 Å². The van der Waals surface area contributed by atoms with Gasteiger partial charge in [-0.1, -0.05) is 47.0 Å². The number of carbonyl (C=O) groups excluding carboxylic acids is 3. The number of amides is 4. The highest BCUT2D eigenvalue weighted by molar-refractivity contribution is 6.07. The van der Waals surface area contributed by atoms with Gasteiger partial charge >= 0.3 is 6.03 Å². The highest BCUT2D eigenvalue weighted by Crippen LogP contribution is 2.30. The van der Waals surface area contributed by atoms with Crippen molar-refractivity contribution in [3.8, 4) is 0 Å². The lowest BCUT2D eigenvalue weighted by atomic mass is 9.88. The van der Waals surface area contributed by atoms with E-state index in [0.717, 1.165) is 22.3 Å². The van der Waals surface area contributed by atoms with Crippen LogP contribution in [0.1, 0.15) is 45.5 Å². The van der Waals surface area contributed by atoms with Gasteiger partial charge in [0.15, 0.2) is 0 Å². The van der Waals surface area contributed by atoms with Crippen molar-refractivity contribution in [2.75, 3.05) is 13.1 Å². The highest BCUT2D eigenvalue weighted by atomic mass is 16.2. The maximum atomic E-state index is 13.3. The number of hydrogen-bond donors (Lipinski definition) is 1. The molecule has 4 amide bonds. The highest BCUT2D eigenvalue weighted by Gasteiger charge is 2.53. The van der Waals surface area contributed by atoms with Crippen LogP contribution in [-0.2, 0) is 11.3 Å². The predicted molar refractivity (Wildman–Crippen MR) is 114 cm³/mol. The number of urea groups is 1. The second-order valence-corrected chi connectivity index (χ2v) is 8.60. The van der Waals surface area contributed by atoms with Gasteiger partial charge in [0.25, 0.3) is 11.8 Å². The van der Waals surface area contributed by atoms with Gasteiger partial charge in [0.05, 0.1) is 13.1 Å². The molecule has 6 heteroatoms. The van der Waals surface area contributed by atoms with Gasteiger partial charge in [-0.05, 0) is 51.3 Å². The van der Waals surface area contributed by atoms with Crippen LogP contribution in [0.3, 0.4) is 0 Å². The normalized spacial score (nSPS) is 21.3. The lowest BCUT2D eigenvalue weighted by Crippen LogP contribution is -2.59. The molecule has 6 nitrogen and oxygen atoms in total. The molecule has 2 aliphatic rings. The number of likely N-dealkylation sites (tertiary alicyclic amines) is 1. The Morgan fingerprint density at radius 3 is 2.33 bits per heavy atom. The average Bonchev–Trinajstić information content (AvgIpc) is 2.92. The summed E-state index contributed by atoms with van der Waals surface area (Å²) in [6.07, 6.45) is 1.21. The summed E-state index contributed by atoms with van der Waals surface area (Å²) in [5, 5.41) is 2.90. The smallest absolute Gasteiger partial charge is 0.325 e. The molecular weight excluding hydrogens is 378 g/mol. The first-order valence-electron chi connectivity index (χ1n) is 10.3. The maximum absolute atomic E-state index is 13.3. The summed E-state index contributed by atoms with van der Waals surface area (Å²) in [7, 11) is 0. The molecule has 1 atom stereocenters. The molecular formula is C24H27N3O3. The summed E-state index contributed by atoms with van der Waals surface area (Å²) in [5.74, 6) is -0.342. The van der Waals surface area contributed by atoms with Crippen LogP contribution in [0.2, 0.25) is 0 Å². The van der Waals surface area contributed by atoms with E-state index in [4.69, 9.17) is 0 Å². The fourth-order valence-corrected chi connectivity index (χ4v) is 4.48. The fourth-order valence-electron chi connectivity index (χ4n) is 4.48. The van der Waals surface area contributed by atoms with Gasteiger partial charge in [-0.15, -0.1) is 0 Å². The van der Waals surface area contributed by atoms with Gasteiger partial charge in [-0.2, -0.15) is 0 Å².